The minimum atomic E-state index is -0.801. The van der Waals surface area contributed by atoms with Gasteiger partial charge in [0.15, 0.2) is 0 Å². The van der Waals surface area contributed by atoms with E-state index in [2.05, 4.69) is 19.9 Å². The quantitative estimate of drug-likeness (QED) is 0.338. The van der Waals surface area contributed by atoms with Crippen LogP contribution in [0.1, 0.15) is 24.5 Å². The molecule has 1 radical (unpaired) electrons. The summed E-state index contributed by atoms with van der Waals surface area (Å²) in [6.45, 7) is 0. The number of aromatic amines is 2. The molecule has 2 aromatic heterocycles. The van der Waals surface area contributed by atoms with Crippen LogP contribution in [0, 0.1) is 0 Å². The molecule has 0 fully saturated rings. The molecule has 0 aliphatic rings. The number of hydrogen-bond acceptors (Lipinski definition) is 4. The van der Waals surface area contributed by atoms with Crippen molar-refractivity contribution in [2.45, 2.75) is 25.7 Å². The summed E-state index contributed by atoms with van der Waals surface area (Å²) in [5.74, 6) is -0.141. The smallest absolute Gasteiger partial charge is 0.303 e. The summed E-state index contributed by atoms with van der Waals surface area (Å²) < 4.78 is 0. The van der Waals surface area contributed by atoms with Crippen molar-refractivity contribution in [3.05, 3.63) is 60.2 Å². The first-order valence-corrected chi connectivity index (χ1v) is 8.82. The number of H-pyrrole nitrogens is 2. The second kappa shape index (κ2) is 10.4. The number of nitrogens with one attached hydrogen (secondary N) is 2. The summed E-state index contributed by atoms with van der Waals surface area (Å²) in [7, 11) is 0. The molecule has 9 heteroatoms. The Hall–Kier alpha value is -3.16. The zero-order valence-corrected chi connectivity index (χ0v) is 16.3. The maximum atomic E-state index is 10.3. The zero-order valence-electron chi connectivity index (χ0n) is 15.4. The summed E-state index contributed by atoms with van der Waals surface area (Å²) in [6.07, 6.45) is 1.12. The standard InChI is InChI=1S/2C10H10N2O2.Cu/c2*13-10(14)6-5-9-11-7-3-1-2-4-8(7)12-9;/h2*1-4H,5-6H2,(H,11,12)(H,13,14);. The molecule has 4 rings (SSSR count). The van der Waals surface area contributed by atoms with Gasteiger partial charge in [-0.25, -0.2) is 9.97 Å². The van der Waals surface area contributed by atoms with Crippen LogP contribution < -0.4 is 0 Å². The molecule has 0 aliphatic heterocycles. The number of carbonyl (C=O) groups is 2. The van der Waals surface area contributed by atoms with Crippen LogP contribution >= 0.6 is 0 Å². The van der Waals surface area contributed by atoms with E-state index in [0.717, 1.165) is 33.7 Å². The molecule has 2 heterocycles. The van der Waals surface area contributed by atoms with Gasteiger partial charge in [0.1, 0.15) is 11.6 Å². The molecule has 8 nitrogen and oxygen atoms in total. The largest absolute Gasteiger partial charge is 0.481 e. The number of hydrogen-bond donors (Lipinski definition) is 4. The zero-order chi connectivity index (χ0) is 19.9. The molecule has 0 aliphatic carbocycles. The van der Waals surface area contributed by atoms with Crippen molar-refractivity contribution in [3.8, 4) is 0 Å². The van der Waals surface area contributed by atoms with E-state index >= 15 is 0 Å². The van der Waals surface area contributed by atoms with Crippen molar-refractivity contribution in [3.63, 3.8) is 0 Å². The van der Waals surface area contributed by atoms with Gasteiger partial charge < -0.3 is 20.2 Å². The molecule has 2 aromatic carbocycles. The third-order valence-electron chi connectivity index (χ3n) is 4.03. The molecule has 0 unspecified atom stereocenters. The normalized spacial score (nSPS) is 10.2. The fraction of sp³-hybridized carbons (Fsp3) is 0.200. The van der Waals surface area contributed by atoms with Gasteiger partial charge in [-0.05, 0) is 24.3 Å². The van der Waals surface area contributed by atoms with E-state index in [0.29, 0.717) is 12.8 Å². The summed E-state index contributed by atoms with van der Waals surface area (Å²) in [5.41, 5.74) is 3.67. The Balaban J connectivity index is 0.000000200. The van der Waals surface area contributed by atoms with E-state index in [9.17, 15) is 9.59 Å². The molecule has 0 saturated heterocycles. The van der Waals surface area contributed by atoms with Crippen molar-refractivity contribution >= 4 is 34.0 Å². The molecule has 0 bridgehead atoms. The number of rotatable bonds is 6. The van der Waals surface area contributed by atoms with Gasteiger partial charge in [-0.1, -0.05) is 24.3 Å². The SMILES string of the molecule is O=C(O)CCc1nc2ccccc2[nH]1.O=C(O)CCc1nc2ccccc2[nH]1.[Cu]. The minimum absolute atomic E-state index is 0. The molecule has 4 N–H and O–H groups in total. The molecule has 0 spiro atoms. The van der Waals surface area contributed by atoms with E-state index in [4.69, 9.17) is 10.2 Å². The third-order valence-corrected chi connectivity index (χ3v) is 4.03. The molecule has 0 amide bonds. The average molecular weight is 444 g/mol. The predicted octanol–water partition coefficient (Wildman–Crippen LogP) is 3.16. The predicted molar refractivity (Wildman–Crippen MR) is 104 cm³/mol. The third kappa shape index (κ3) is 6.44. The van der Waals surface area contributed by atoms with Crippen LogP contribution in [0.3, 0.4) is 0 Å². The molecular formula is C20H20CuN4O4. The van der Waals surface area contributed by atoms with E-state index in [-0.39, 0.29) is 29.9 Å². The van der Waals surface area contributed by atoms with E-state index in [1.165, 1.54) is 0 Å². The van der Waals surface area contributed by atoms with E-state index < -0.39 is 11.9 Å². The number of fused-ring (bicyclic) bond motifs is 2. The van der Waals surface area contributed by atoms with Crippen molar-refractivity contribution in [2.24, 2.45) is 0 Å². The van der Waals surface area contributed by atoms with E-state index in [1.807, 2.05) is 48.5 Å². The Labute approximate surface area is 176 Å². The first-order valence-electron chi connectivity index (χ1n) is 8.82. The molecule has 4 aromatic rings. The minimum Gasteiger partial charge on any atom is -0.481 e. The van der Waals surface area contributed by atoms with Crippen LogP contribution in [0.15, 0.2) is 48.5 Å². The van der Waals surface area contributed by atoms with Gasteiger partial charge in [0.2, 0.25) is 0 Å². The summed E-state index contributed by atoms with van der Waals surface area (Å²) >= 11 is 0. The number of carboxylic acid groups (broad SMARTS) is 2. The van der Waals surface area contributed by atoms with Crippen molar-refractivity contribution in [1.29, 1.82) is 0 Å². The Kier molecular flexibility index (Phi) is 7.94. The van der Waals surface area contributed by atoms with Crippen LogP contribution in [-0.4, -0.2) is 42.1 Å². The van der Waals surface area contributed by atoms with Crippen LogP contribution in [0.2, 0.25) is 0 Å². The van der Waals surface area contributed by atoms with Gasteiger partial charge >= 0.3 is 11.9 Å². The van der Waals surface area contributed by atoms with Crippen molar-refractivity contribution in [2.75, 3.05) is 0 Å². The number of carboxylic acids is 2. The average Bonchev–Trinajstić information content (AvgIpc) is 3.28. The van der Waals surface area contributed by atoms with Gasteiger partial charge in [0, 0.05) is 29.9 Å². The van der Waals surface area contributed by atoms with Gasteiger partial charge in [-0.2, -0.15) is 0 Å². The molecule has 0 saturated carbocycles. The topological polar surface area (TPSA) is 132 Å². The van der Waals surface area contributed by atoms with Gasteiger partial charge in [0.25, 0.3) is 0 Å². The Morgan fingerprint density at radius 2 is 1.10 bits per heavy atom. The molecular weight excluding hydrogens is 424 g/mol. The maximum Gasteiger partial charge on any atom is 0.303 e. The summed E-state index contributed by atoms with van der Waals surface area (Å²) in [4.78, 5) is 35.4. The fourth-order valence-corrected chi connectivity index (χ4v) is 2.70. The summed E-state index contributed by atoms with van der Waals surface area (Å²) in [6, 6.07) is 15.3. The number of aromatic nitrogens is 4. The number of benzene rings is 2. The number of nitrogens with zero attached hydrogens (tertiary/aromatic N) is 2. The van der Waals surface area contributed by atoms with Crippen LogP contribution in [0.25, 0.3) is 22.1 Å². The van der Waals surface area contributed by atoms with Crippen LogP contribution in [0.4, 0.5) is 0 Å². The number of imidazole rings is 2. The Bertz CT molecular complexity index is 952. The number of aryl methyl sites for hydroxylation is 2. The second-order valence-electron chi connectivity index (χ2n) is 6.19. The van der Waals surface area contributed by atoms with Crippen LogP contribution in [0.5, 0.6) is 0 Å². The fourth-order valence-electron chi connectivity index (χ4n) is 2.70. The molecule has 155 valence electrons. The van der Waals surface area contributed by atoms with Crippen molar-refractivity contribution < 1.29 is 36.9 Å². The first kappa shape index (κ1) is 22.1. The van der Waals surface area contributed by atoms with Gasteiger partial charge in [0.05, 0.1) is 34.9 Å². The Morgan fingerprint density at radius 3 is 1.45 bits per heavy atom. The monoisotopic (exact) mass is 443 g/mol. The van der Waals surface area contributed by atoms with E-state index in [1.54, 1.807) is 0 Å². The number of para-hydroxylation sites is 4. The first-order chi connectivity index (χ1) is 13.5. The van der Waals surface area contributed by atoms with Crippen molar-refractivity contribution in [1.82, 2.24) is 19.9 Å². The van der Waals surface area contributed by atoms with Crippen LogP contribution in [-0.2, 0) is 39.5 Å². The summed E-state index contributed by atoms with van der Waals surface area (Å²) in [5, 5.41) is 17.0. The number of aliphatic carboxylic acids is 2. The molecule has 29 heavy (non-hydrogen) atoms. The molecule has 0 atom stereocenters. The maximum absolute atomic E-state index is 10.3. The Morgan fingerprint density at radius 1 is 0.724 bits per heavy atom. The second-order valence-corrected chi connectivity index (χ2v) is 6.19. The van der Waals surface area contributed by atoms with Gasteiger partial charge in [-0.15, -0.1) is 0 Å². The van der Waals surface area contributed by atoms with Gasteiger partial charge in [-0.3, -0.25) is 9.59 Å².